The van der Waals surface area contributed by atoms with Crippen molar-refractivity contribution in [1.29, 1.82) is 0 Å². The Morgan fingerprint density at radius 3 is 2.41 bits per heavy atom. The minimum atomic E-state index is -3.76. The molecule has 1 atom stereocenters. The van der Waals surface area contributed by atoms with Crippen LogP contribution in [0.15, 0.2) is 17.0 Å². The van der Waals surface area contributed by atoms with Crippen molar-refractivity contribution in [3.05, 3.63) is 23.3 Å². The molecule has 96 valence electrons. The lowest BCUT2D eigenvalue weighted by atomic mass is 10.1. The summed E-state index contributed by atoms with van der Waals surface area (Å²) in [6.45, 7) is 7.52. The van der Waals surface area contributed by atoms with Gasteiger partial charge in [0.2, 0.25) is 10.0 Å². The van der Waals surface area contributed by atoms with E-state index in [9.17, 15) is 8.42 Å². The fraction of sp³-hybridized carbons (Fsp3) is 0.500. The molecule has 0 amide bonds. The highest BCUT2D eigenvalue weighted by molar-refractivity contribution is 7.89. The lowest BCUT2D eigenvalue weighted by molar-refractivity contribution is 0.210. The molecule has 0 spiro atoms. The van der Waals surface area contributed by atoms with Crippen molar-refractivity contribution in [3.8, 4) is 5.75 Å². The second-order valence-electron chi connectivity index (χ2n) is 4.29. The van der Waals surface area contributed by atoms with E-state index in [2.05, 4.69) is 0 Å². The third-order valence-corrected chi connectivity index (χ3v) is 3.50. The van der Waals surface area contributed by atoms with E-state index in [-0.39, 0.29) is 11.0 Å². The van der Waals surface area contributed by atoms with Gasteiger partial charge < -0.3 is 4.74 Å². The molecule has 0 aromatic heterocycles. The molecule has 0 fully saturated rings. The molecule has 0 aliphatic rings. The predicted molar refractivity (Wildman–Crippen MR) is 67.7 cm³/mol. The van der Waals surface area contributed by atoms with E-state index in [0.29, 0.717) is 5.75 Å². The molecule has 0 radical (unpaired) electrons. The SMILES string of the molecule is CCC(C)Oc1c(C)cc(C)cc1S(N)(=O)=O. The van der Waals surface area contributed by atoms with Crippen LogP contribution in [0.25, 0.3) is 0 Å². The number of sulfonamides is 1. The minimum absolute atomic E-state index is 0.0445. The molecule has 0 saturated heterocycles. The average Bonchev–Trinajstić information content (AvgIpc) is 2.19. The Hall–Kier alpha value is -1.07. The van der Waals surface area contributed by atoms with Gasteiger partial charge in [0.15, 0.2) is 0 Å². The Labute approximate surface area is 103 Å². The molecular formula is C12H19NO3S. The second-order valence-corrected chi connectivity index (χ2v) is 5.82. The van der Waals surface area contributed by atoms with E-state index < -0.39 is 10.0 Å². The molecule has 1 aromatic rings. The van der Waals surface area contributed by atoms with Crippen LogP contribution in [0, 0.1) is 13.8 Å². The van der Waals surface area contributed by atoms with Crippen LogP contribution in [-0.2, 0) is 10.0 Å². The summed E-state index contributed by atoms with van der Waals surface area (Å²) in [5.74, 6) is 0.368. The Bertz CT molecular complexity index is 509. The second kappa shape index (κ2) is 5.06. The topological polar surface area (TPSA) is 69.4 Å². The highest BCUT2D eigenvalue weighted by atomic mass is 32.2. The van der Waals surface area contributed by atoms with E-state index in [4.69, 9.17) is 9.88 Å². The number of rotatable bonds is 4. The third-order valence-electron chi connectivity index (χ3n) is 2.59. The summed E-state index contributed by atoms with van der Waals surface area (Å²) in [6.07, 6.45) is 0.758. The van der Waals surface area contributed by atoms with E-state index in [1.54, 1.807) is 6.07 Å². The molecule has 0 heterocycles. The first-order valence-corrected chi connectivity index (χ1v) is 7.11. The van der Waals surface area contributed by atoms with Crippen LogP contribution in [0.3, 0.4) is 0 Å². The first kappa shape index (κ1) is 14.0. The summed E-state index contributed by atoms with van der Waals surface area (Å²) in [7, 11) is -3.76. The molecule has 1 aromatic carbocycles. The lowest BCUT2D eigenvalue weighted by Gasteiger charge is -2.18. The summed E-state index contributed by atoms with van der Waals surface area (Å²) < 4.78 is 28.7. The van der Waals surface area contributed by atoms with Gasteiger partial charge >= 0.3 is 0 Å². The number of aryl methyl sites for hydroxylation is 2. The molecule has 4 nitrogen and oxygen atoms in total. The van der Waals surface area contributed by atoms with Gasteiger partial charge in [-0.1, -0.05) is 13.0 Å². The van der Waals surface area contributed by atoms with Crippen molar-refractivity contribution in [2.75, 3.05) is 0 Å². The zero-order valence-corrected chi connectivity index (χ0v) is 11.5. The van der Waals surface area contributed by atoms with Crippen LogP contribution in [0.2, 0.25) is 0 Å². The Kier molecular flexibility index (Phi) is 4.16. The van der Waals surface area contributed by atoms with E-state index >= 15 is 0 Å². The maximum Gasteiger partial charge on any atom is 0.241 e. The van der Waals surface area contributed by atoms with Crippen molar-refractivity contribution >= 4 is 10.0 Å². The number of ether oxygens (including phenoxy) is 1. The standard InChI is InChI=1S/C12H19NO3S/c1-5-10(4)16-12-9(3)6-8(2)7-11(12)17(13,14)15/h6-7,10H,5H2,1-4H3,(H2,13,14,15). The van der Waals surface area contributed by atoms with Crippen molar-refractivity contribution in [3.63, 3.8) is 0 Å². The molecule has 5 heteroatoms. The molecule has 1 unspecified atom stereocenters. The van der Waals surface area contributed by atoms with Gasteiger partial charge in [-0.3, -0.25) is 0 Å². The van der Waals surface area contributed by atoms with Gasteiger partial charge in [-0.05, 0) is 44.4 Å². The van der Waals surface area contributed by atoms with Gasteiger partial charge in [-0.15, -0.1) is 0 Å². The number of benzene rings is 1. The Balaban J connectivity index is 3.36. The van der Waals surface area contributed by atoms with Gasteiger partial charge in [0.25, 0.3) is 0 Å². The summed E-state index contributed by atoms with van der Waals surface area (Å²) in [4.78, 5) is 0.0651. The summed E-state index contributed by atoms with van der Waals surface area (Å²) in [5.41, 5.74) is 1.64. The van der Waals surface area contributed by atoms with Crippen LogP contribution in [0.4, 0.5) is 0 Å². The van der Waals surface area contributed by atoms with Crippen LogP contribution in [-0.4, -0.2) is 14.5 Å². The third kappa shape index (κ3) is 3.44. The minimum Gasteiger partial charge on any atom is -0.489 e. The zero-order chi connectivity index (χ0) is 13.2. The number of hydrogen-bond acceptors (Lipinski definition) is 3. The molecule has 1 rings (SSSR count). The predicted octanol–water partition coefficient (Wildman–Crippen LogP) is 2.13. The first-order chi connectivity index (χ1) is 7.75. The van der Waals surface area contributed by atoms with Gasteiger partial charge in [0.1, 0.15) is 10.6 Å². The van der Waals surface area contributed by atoms with E-state index in [1.165, 1.54) is 0 Å². The van der Waals surface area contributed by atoms with Crippen molar-refractivity contribution in [1.82, 2.24) is 0 Å². The maximum absolute atomic E-state index is 11.5. The summed E-state index contributed by atoms with van der Waals surface area (Å²) in [5, 5.41) is 5.20. The maximum atomic E-state index is 11.5. The Morgan fingerprint density at radius 2 is 1.94 bits per heavy atom. The molecule has 2 N–H and O–H groups in total. The fourth-order valence-corrected chi connectivity index (χ4v) is 2.38. The molecule has 17 heavy (non-hydrogen) atoms. The van der Waals surface area contributed by atoms with Crippen LogP contribution in [0.1, 0.15) is 31.4 Å². The van der Waals surface area contributed by atoms with Crippen molar-refractivity contribution in [2.45, 2.75) is 45.1 Å². The number of nitrogens with two attached hydrogens (primary N) is 1. The van der Waals surface area contributed by atoms with E-state index in [0.717, 1.165) is 17.5 Å². The highest BCUT2D eigenvalue weighted by Crippen LogP contribution is 2.29. The molecule has 0 bridgehead atoms. The molecule has 0 aliphatic carbocycles. The van der Waals surface area contributed by atoms with Crippen molar-refractivity contribution < 1.29 is 13.2 Å². The van der Waals surface area contributed by atoms with Gasteiger partial charge in [0.05, 0.1) is 6.10 Å². The van der Waals surface area contributed by atoms with Gasteiger partial charge in [0, 0.05) is 0 Å². The highest BCUT2D eigenvalue weighted by Gasteiger charge is 2.19. The quantitative estimate of drug-likeness (QED) is 0.898. The average molecular weight is 257 g/mol. The van der Waals surface area contributed by atoms with Crippen LogP contribution >= 0.6 is 0 Å². The molecular weight excluding hydrogens is 238 g/mol. The van der Waals surface area contributed by atoms with E-state index in [1.807, 2.05) is 33.8 Å². The first-order valence-electron chi connectivity index (χ1n) is 5.56. The fourth-order valence-electron chi connectivity index (χ4n) is 1.56. The van der Waals surface area contributed by atoms with Crippen LogP contribution < -0.4 is 9.88 Å². The monoisotopic (exact) mass is 257 g/mol. The van der Waals surface area contributed by atoms with Gasteiger partial charge in [-0.2, -0.15) is 0 Å². The Morgan fingerprint density at radius 1 is 1.35 bits per heavy atom. The van der Waals surface area contributed by atoms with Crippen molar-refractivity contribution in [2.24, 2.45) is 5.14 Å². The van der Waals surface area contributed by atoms with Gasteiger partial charge in [-0.25, -0.2) is 13.6 Å². The lowest BCUT2D eigenvalue weighted by Crippen LogP contribution is -2.18. The number of primary sulfonamides is 1. The number of hydrogen-bond donors (Lipinski definition) is 1. The zero-order valence-electron chi connectivity index (χ0n) is 10.6. The largest absolute Gasteiger partial charge is 0.489 e. The summed E-state index contributed by atoms with van der Waals surface area (Å²) in [6, 6.07) is 3.42. The van der Waals surface area contributed by atoms with Crippen LogP contribution in [0.5, 0.6) is 5.75 Å². The normalized spacial score (nSPS) is 13.5. The molecule has 0 saturated carbocycles. The molecule has 0 aliphatic heterocycles. The summed E-state index contributed by atoms with van der Waals surface area (Å²) >= 11 is 0. The smallest absolute Gasteiger partial charge is 0.241 e.